The maximum atomic E-state index is 13.2. The van der Waals surface area contributed by atoms with E-state index < -0.39 is 23.5 Å². The quantitative estimate of drug-likeness (QED) is 0.611. The summed E-state index contributed by atoms with van der Waals surface area (Å²) in [6.45, 7) is 5.33. The van der Waals surface area contributed by atoms with Crippen molar-refractivity contribution in [2.45, 2.75) is 46.1 Å². The van der Waals surface area contributed by atoms with Crippen LogP contribution in [0.2, 0.25) is 0 Å². The van der Waals surface area contributed by atoms with E-state index in [1.807, 2.05) is 31.2 Å². The molecule has 0 aliphatic rings. The predicted molar refractivity (Wildman–Crippen MR) is 111 cm³/mol. The summed E-state index contributed by atoms with van der Waals surface area (Å²) < 4.78 is 1.23. The summed E-state index contributed by atoms with van der Waals surface area (Å²) in [7, 11) is 0. The van der Waals surface area contributed by atoms with E-state index in [0.29, 0.717) is 29.1 Å². The van der Waals surface area contributed by atoms with E-state index >= 15 is 0 Å². The molecular formula is C21H22N2O5S. The number of aromatic carboxylic acids is 1. The maximum absolute atomic E-state index is 13.2. The average molecular weight is 414 g/mol. The van der Waals surface area contributed by atoms with Crippen molar-refractivity contribution in [3.63, 3.8) is 0 Å². The van der Waals surface area contributed by atoms with Crippen LogP contribution in [-0.4, -0.2) is 31.7 Å². The summed E-state index contributed by atoms with van der Waals surface area (Å²) in [4.78, 5) is 41.6. The number of fused-ring (bicyclic) bond motifs is 1. The van der Waals surface area contributed by atoms with Crippen molar-refractivity contribution in [1.82, 2.24) is 9.55 Å². The molecule has 0 spiro atoms. The van der Waals surface area contributed by atoms with Crippen molar-refractivity contribution in [3.8, 4) is 0 Å². The summed E-state index contributed by atoms with van der Waals surface area (Å²) in [5, 5.41) is 19.4. The molecule has 2 aromatic heterocycles. The Morgan fingerprint density at radius 1 is 1.17 bits per heavy atom. The Kier molecular flexibility index (Phi) is 5.83. The Balaban J connectivity index is 2.10. The van der Waals surface area contributed by atoms with Gasteiger partial charge in [0.15, 0.2) is 0 Å². The SMILES string of the molecule is CCc1nc2sc(C(=O)O)c(C)c2c(=O)n1C(CCc1ccc(C)cc1)C(=O)O. The molecule has 0 fully saturated rings. The van der Waals surface area contributed by atoms with Gasteiger partial charge in [0.2, 0.25) is 0 Å². The first kappa shape index (κ1) is 20.7. The second-order valence-corrected chi connectivity index (χ2v) is 7.98. The molecule has 0 bridgehead atoms. The first-order chi connectivity index (χ1) is 13.7. The molecule has 1 aromatic carbocycles. The number of nitrogens with zero attached hydrogens (tertiary/aromatic N) is 2. The number of carboxylic acid groups (broad SMARTS) is 2. The van der Waals surface area contributed by atoms with E-state index in [1.54, 1.807) is 13.8 Å². The Morgan fingerprint density at radius 3 is 2.38 bits per heavy atom. The zero-order valence-electron chi connectivity index (χ0n) is 16.4. The molecule has 0 saturated heterocycles. The van der Waals surface area contributed by atoms with Crippen molar-refractivity contribution >= 4 is 33.5 Å². The molecule has 3 aromatic rings. The standard InChI is InChI=1S/C21H22N2O5S/c1-4-15-22-18-16(12(3)17(29-18)21(27)28)19(24)23(15)14(20(25)26)10-9-13-7-5-11(2)6-8-13/h5-8,14H,4,9-10H2,1-3H3,(H,25,26)(H,27,28). The number of hydrogen-bond donors (Lipinski definition) is 2. The van der Waals surface area contributed by atoms with Crippen LogP contribution >= 0.6 is 11.3 Å². The highest BCUT2D eigenvalue weighted by molar-refractivity contribution is 7.20. The highest BCUT2D eigenvalue weighted by Crippen LogP contribution is 2.28. The van der Waals surface area contributed by atoms with E-state index in [0.717, 1.165) is 22.5 Å². The number of carboxylic acids is 2. The normalized spacial score (nSPS) is 12.2. The van der Waals surface area contributed by atoms with Crippen LogP contribution in [0.5, 0.6) is 0 Å². The first-order valence-electron chi connectivity index (χ1n) is 9.30. The molecule has 8 heteroatoms. The molecule has 1 unspecified atom stereocenters. The lowest BCUT2D eigenvalue weighted by atomic mass is 10.0. The summed E-state index contributed by atoms with van der Waals surface area (Å²) in [6.07, 6.45) is 1.08. The van der Waals surface area contributed by atoms with E-state index in [9.17, 15) is 24.6 Å². The largest absolute Gasteiger partial charge is 0.480 e. The molecule has 1 atom stereocenters. The van der Waals surface area contributed by atoms with Gasteiger partial charge in [-0.15, -0.1) is 11.3 Å². The molecule has 0 aliphatic carbocycles. The van der Waals surface area contributed by atoms with Crippen LogP contribution in [0.3, 0.4) is 0 Å². The van der Waals surface area contributed by atoms with E-state index in [2.05, 4.69) is 4.98 Å². The molecule has 0 aliphatic heterocycles. The van der Waals surface area contributed by atoms with Crippen LogP contribution in [0.1, 0.15) is 51.6 Å². The van der Waals surface area contributed by atoms with Gasteiger partial charge in [-0.05, 0) is 37.8 Å². The van der Waals surface area contributed by atoms with Gasteiger partial charge in [0, 0.05) is 6.42 Å². The molecule has 3 rings (SSSR count). The lowest BCUT2D eigenvalue weighted by Crippen LogP contribution is -2.33. The highest BCUT2D eigenvalue weighted by Gasteiger charge is 2.27. The topological polar surface area (TPSA) is 109 Å². The molecule has 7 nitrogen and oxygen atoms in total. The van der Waals surface area contributed by atoms with Crippen molar-refractivity contribution in [3.05, 3.63) is 62.0 Å². The van der Waals surface area contributed by atoms with Crippen LogP contribution < -0.4 is 5.56 Å². The minimum atomic E-state index is -1.12. The zero-order chi connectivity index (χ0) is 21.3. The van der Waals surface area contributed by atoms with Crippen LogP contribution in [-0.2, 0) is 17.6 Å². The van der Waals surface area contributed by atoms with Gasteiger partial charge in [-0.25, -0.2) is 14.6 Å². The molecule has 0 saturated carbocycles. The smallest absolute Gasteiger partial charge is 0.346 e. The number of rotatable bonds is 7. The Morgan fingerprint density at radius 2 is 1.83 bits per heavy atom. The van der Waals surface area contributed by atoms with Gasteiger partial charge < -0.3 is 10.2 Å². The molecular weight excluding hydrogens is 392 g/mol. The number of aromatic nitrogens is 2. The third-order valence-electron chi connectivity index (χ3n) is 5.00. The van der Waals surface area contributed by atoms with Crippen molar-refractivity contribution in [1.29, 1.82) is 0 Å². The van der Waals surface area contributed by atoms with Crippen LogP contribution in [0.4, 0.5) is 0 Å². The summed E-state index contributed by atoms with van der Waals surface area (Å²) >= 11 is 0.945. The molecule has 0 radical (unpaired) electrons. The minimum absolute atomic E-state index is 0.0518. The van der Waals surface area contributed by atoms with Crippen molar-refractivity contribution in [2.24, 2.45) is 0 Å². The third kappa shape index (κ3) is 3.93. The molecule has 2 N–H and O–H groups in total. The number of benzene rings is 1. The Hall–Kier alpha value is -3.00. The van der Waals surface area contributed by atoms with Gasteiger partial charge in [0.25, 0.3) is 5.56 Å². The predicted octanol–water partition coefficient (Wildman–Crippen LogP) is 3.59. The fourth-order valence-electron chi connectivity index (χ4n) is 3.43. The van der Waals surface area contributed by atoms with Crippen molar-refractivity contribution in [2.75, 3.05) is 0 Å². The van der Waals surface area contributed by atoms with E-state index in [-0.39, 0.29) is 16.7 Å². The summed E-state index contributed by atoms with van der Waals surface area (Å²) in [6, 6.07) is 6.74. The molecule has 152 valence electrons. The van der Waals surface area contributed by atoms with Gasteiger partial charge in [0.1, 0.15) is 21.6 Å². The molecule has 2 heterocycles. The first-order valence-corrected chi connectivity index (χ1v) is 10.1. The summed E-state index contributed by atoms with van der Waals surface area (Å²) in [5.41, 5.74) is 1.94. The summed E-state index contributed by atoms with van der Waals surface area (Å²) in [5.74, 6) is -1.89. The highest BCUT2D eigenvalue weighted by atomic mass is 32.1. The van der Waals surface area contributed by atoms with Crippen LogP contribution in [0, 0.1) is 13.8 Å². The zero-order valence-corrected chi connectivity index (χ0v) is 17.2. The average Bonchev–Trinajstić information content (AvgIpc) is 3.01. The second kappa shape index (κ2) is 8.16. The minimum Gasteiger partial charge on any atom is -0.480 e. The van der Waals surface area contributed by atoms with Crippen LogP contribution in [0.15, 0.2) is 29.1 Å². The van der Waals surface area contributed by atoms with Gasteiger partial charge in [-0.3, -0.25) is 9.36 Å². The lowest BCUT2D eigenvalue weighted by molar-refractivity contribution is -0.141. The van der Waals surface area contributed by atoms with Crippen LogP contribution in [0.25, 0.3) is 10.2 Å². The van der Waals surface area contributed by atoms with Gasteiger partial charge in [0.05, 0.1) is 5.39 Å². The number of thiophene rings is 1. The molecule has 0 amide bonds. The lowest BCUT2D eigenvalue weighted by Gasteiger charge is -2.19. The number of hydrogen-bond acceptors (Lipinski definition) is 5. The maximum Gasteiger partial charge on any atom is 0.346 e. The van der Waals surface area contributed by atoms with E-state index in [1.165, 1.54) is 4.57 Å². The second-order valence-electron chi connectivity index (χ2n) is 6.98. The van der Waals surface area contributed by atoms with Gasteiger partial charge >= 0.3 is 11.9 Å². The number of aryl methyl sites for hydroxylation is 4. The van der Waals surface area contributed by atoms with E-state index in [4.69, 9.17) is 0 Å². The van der Waals surface area contributed by atoms with Gasteiger partial charge in [-0.2, -0.15) is 0 Å². The number of aliphatic carboxylic acids is 1. The Labute approximate surface area is 171 Å². The van der Waals surface area contributed by atoms with Gasteiger partial charge in [-0.1, -0.05) is 36.8 Å². The molecule has 29 heavy (non-hydrogen) atoms. The monoisotopic (exact) mass is 414 g/mol. The van der Waals surface area contributed by atoms with Crippen molar-refractivity contribution < 1.29 is 19.8 Å². The third-order valence-corrected chi connectivity index (χ3v) is 6.18. The number of carbonyl (C=O) groups is 2. The fraction of sp³-hybridized carbons (Fsp3) is 0.333. The fourth-order valence-corrected chi connectivity index (χ4v) is 4.46. The Bertz CT molecular complexity index is 1140.